The molecule has 2 aliphatic rings. The molecule has 0 saturated heterocycles. The number of hydrogen-bond acceptors (Lipinski definition) is 5. The van der Waals surface area contributed by atoms with Crippen LogP contribution >= 0.6 is 0 Å². The number of carbonyl (C=O) groups is 1. The molecule has 1 N–H and O–H groups in total. The summed E-state index contributed by atoms with van der Waals surface area (Å²) in [5, 5.41) is 3.15. The van der Waals surface area contributed by atoms with Crippen LogP contribution in [-0.4, -0.2) is 32.3 Å². The Morgan fingerprint density at radius 3 is 2.09 bits per heavy atom. The van der Waals surface area contributed by atoms with Crippen LogP contribution in [0, 0.1) is 27.7 Å². The number of imidazole rings is 1. The molecule has 6 nitrogen and oxygen atoms in total. The maximum absolute atomic E-state index is 12.6. The maximum atomic E-state index is 12.6. The molecule has 0 unspecified atom stereocenters. The van der Waals surface area contributed by atoms with Crippen LogP contribution < -0.4 is 5.32 Å². The van der Waals surface area contributed by atoms with E-state index in [9.17, 15) is 4.79 Å². The highest BCUT2D eigenvalue weighted by Crippen LogP contribution is 2.41. The highest BCUT2D eigenvalue weighted by atomic mass is 16.1. The molecule has 5 aromatic rings. The third-order valence-corrected chi connectivity index (χ3v) is 8.69. The van der Waals surface area contributed by atoms with E-state index >= 15 is 0 Å². The summed E-state index contributed by atoms with van der Waals surface area (Å²) in [4.78, 5) is 26.6. The second-order valence-electron chi connectivity index (χ2n) is 12.4. The van der Waals surface area contributed by atoms with Crippen molar-refractivity contribution in [3.63, 3.8) is 0 Å². The van der Waals surface area contributed by atoms with Crippen LogP contribution in [0.5, 0.6) is 0 Å². The number of carbonyl (C=O) groups excluding carboxylic acids is 1. The summed E-state index contributed by atoms with van der Waals surface area (Å²) < 4.78 is 2.14. The number of nitrogens with one attached hydrogen (secondary N) is 1. The van der Waals surface area contributed by atoms with Crippen LogP contribution in [0.4, 0.5) is 5.69 Å². The molecule has 6 heteroatoms. The molecule has 0 bridgehead atoms. The van der Waals surface area contributed by atoms with Crippen molar-refractivity contribution in [2.45, 2.75) is 71.6 Å². The summed E-state index contributed by atoms with van der Waals surface area (Å²) in [5.41, 5.74) is 13.1. The minimum Gasteiger partial charge on any atom is -0.388 e. The van der Waals surface area contributed by atoms with E-state index in [-0.39, 0.29) is 5.78 Å². The van der Waals surface area contributed by atoms with Crippen molar-refractivity contribution >= 4 is 22.5 Å². The lowest BCUT2D eigenvalue weighted by molar-refractivity contribution is 0.0987. The highest BCUT2D eigenvalue weighted by Gasteiger charge is 2.26. The van der Waals surface area contributed by atoms with Gasteiger partial charge in [0.25, 0.3) is 0 Å². The fourth-order valence-corrected chi connectivity index (χ4v) is 5.89. The van der Waals surface area contributed by atoms with Gasteiger partial charge in [-0.05, 0) is 117 Å². The Bertz CT molecular complexity index is 1830. The second kappa shape index (κ2) is 11.8. The Balaban J connectivity index is 0.000000153. The van der Waals surface area contributed by atoms with Crippen molar-refractivity contribution in [3.8, 4) is 11.5 Å². The number of nitrogens with zero attached hydrogens (tertiary/aromatic N) is 4. The third-order valence-electron chi connectivity index (χ3n) is 8.69. The van der Waals surface area contributed by atoms with E-state index in [2.05, 4.69) is 72.2 Å². The van der Waals surface area contributed by atoms with Crippen molar-refractivity contribution in [1.82, 2.24) is 19.5 Å². The molecule has 2 saturated carbocycles. The largest absolute Gasteiger partial charge is 0.388 e. The monoisotopic (exact) mass is 571 g/mol. The zero-order valence-corrected chi connectivity index (χ0v) is 26.2. The van der Waals surface area contributed by atoms with Crippen molar-refractivity contribution in [2.75, 3.05) is 12.4 Å². The normalized spacial score (nSPS) is 14.4. The van der Waals surface area contributed by atoms with Gasteiger partial charge in [-0.3, -0.25) is 14.8 Å². The number of pyridine rings is 2. The first-order valence-electron chi connectivity index (χ1n) is 15.4. The van der Waals surface area contributed by atoms with Crippen LogP contribution in [0.15, 0.2) is 60.9 Å². The number of benzene rings is 2. The van der Waals surface area contributed by atoms with E-state index in [0.717, 1.165) is 50.8 Å². The molecule has 0 atom stereocenters. The molecule has 220 valence electrons. The van der Waals surface area contributed by atoms with Crippen molar-refractivity contribution < 1.29 is 4.79 Å². The number of fused-ring (bicyclic) bond motifs is 1. The van der Waals surface area contributed by atoms with Gasteiger partial charge in [0, 0.05) is 38.6 Å². The first-order chi connectivity index (χ1) is 20.7. The molecule has 2 aromatic carbocycles. The first kappa shape index (κ1) is 28.8. The summed E-state index contributed by atoms with van der Waals surface area (Å²) in [6.07, 6.45) is 9.43. The number of ketones is 1. The number of Topliss-reactive ketones (excluding diaryl/α,β-unsaturated/α-hetero) is 1. The number of aryl methyl sites for hydroxylation is 5. The fraction of sp³-hybridized carbons (Fsp3) is 0.351. The number of hydrogen-bond donors (Lipinski definition) is 1. The van der Waals surface area contributed by atoms with E-state index in [4.69, 9.17) is 9.97 Å². The van der Waals surface area contributed by atoms with Crippen molar-refractivity contribution in [1.29, 1.82) is 0 Å². The van der Waals surface area contributed by atoms with E-state index in [0.29, 0.717) is 18.0 Å². The van der Waals surface area contributed by atoms with Gasteiger partial charge in [-0.2, -0.15) is 0 Å². The minimum absolute atomic E-state index is 0.0851. The Morgan fingerprint density at radius 1 is 0.837 bits per heavy atom. The zero-order chi connectivity index (χ0) is 30.2. The Kier molecular flexibility index (Phi) is 7.87. The van der Waals surface area contributed by atoms with Gasteiger partial charge in [-0.1, -0.05) is 35.9 Å². The molecule has 0 spiro atoms. The molecular formula is C37H41N5O. The van der Waals surface area contributed by atoms with E-state index in [1.165, 1.54) is 47.9 Å². The lowest BCUT2D eigenvalue weighted by atomic mass is 9.99. The first-order valence-corrected chi connectivity index (χ1v) is 15.4. The van der Waals surface area contributed by atoms with E-state index < -0.39 is 0 Å². The van der Waals surface area contributed by atoms with Crippen LogP contribution in [0.2, 0.25) is 0 Å². The van der Waals surface area contributed by atoms with Crippen LogP contribution in [-0.2, 0) is 13.5 Å². The number of anilines is 1. The van der Waals surface area contributed by atoms with Gasteiger partial charge < -0.3 is 9.88 Å². The van der Waals surface area contributed by atoms with E-state index in [1.54, 1.807) is 0 Å². The molecule has 3 heterocycles. The van der Waals surface area contributed by atoms with Gasteiger partial charge in [-0.15, -0.1) is 0 Å². The lowest BCUT2D eigenvalue weighted by Gasteiger charge is -2.11. The zero-order valence-electron chi connectivity index (χ0n) is 26.2. The van der Waals surface area contributed by atoms with Crippen LogP contribution in [0.25, 0.3) is 22.6 Å². The summed E-state index contributed by atoms with van der Waals surface area (Å²) in [6.45, 7) is 8.27. The molecular weight excluding hydrogens is 530 g/mol. The second-order valence-corrected chi connectivity index (χ2v) is 12.4. The van der Waals surface area contributed by atoms with Gasteiger partial charge >= 0.3 is 0 Å². The summed E-state index contributed by atoms with van der Waals surface area (Å²) in [5.74, 6) is 2.45. The van der Waals surface area contributed by atoms with Gasteiger partial charge in [0.05, 0.1) is 11.0 Å². The lowest BCUT2D eigenvalue weighted by Crippen LogP contribution is -2.10. The quantitative estimate of drug-likeness (QED) is 0.200. The number of rotatable bonds is 7. The predicted molar refractivity (Wildman–Crippen MR) is 175 cm³/mol. The molecule has 0 amide bonds. The standard InChI is InChI=1S/C19H22N2O.C18H19N3/c1-12-4-7-17(20-3)15(8-12)10-18(22)19-13(2)9-16(11-21-19)14-5-6-14;1-11-4-7-16-15(8-11)20-18(21(16)3)17-12(2)9-14(10-19-17)13-5-6-13/h4,7-9,11,14,20H,5-6,10H2,1-3H3;4,7-10,13H,5-6H2,1-3H3. The molecule has 43 heavy (non-hydrogen) atoms. The van der Waals surface area contributed by atoms with Crippen LogP contribution in [0.1, 0.15) is 87.0 Å². The fourth-order valence-electron chi connectivity index (χ4n) is 5.89. The van der Waals surface area contributed by atoms with E-state index in [1.807, 2.05) is 45.4 Å². The number of aromatic nitrogens is 4. The summed E-state index contributed by atoms with van der Waals surface area (Å²) in [7, 11) is 3.95. The van der Waals surface area contributed by atoms with Gasteiger partial charge in [-0.25, -0.2) is 4.98 Å². The van der Waals surface area contributed by atoms with Crippen molar-refractivity contribution in [2.24, 2.45) is 7.05 Å². The van der Waals surface area contributed by atoms with Crippen molar-refractivity contribution in [3.05, 3.63) is 106 Å². The SMILES string of the molecule is CNc1ccc(C)cc1CC(=O)c1ncc(C2CC2)cc1C.Cc1ccc2c(c1)nc(-c1ncc(C3CC3)cc1C)n2C. The van der Waals surface area contributed by atoms with Gasteiger partial charge in [0.1, 0.15) is 11.4 Å². The molecule has 7 rings (SSSR count). The Hall–Kier alpha value is -4.32. The minimum atomic E-state index is 0.0851. The Morgan fingerprint density at radius 2 is 1.47 bits per heavy atom. The Labute approximate surface area is 254 Å². The molecule has 2 fully saturated rings. The van der Waals surface area contributed by atoms with Gasteiger partial charge in [0.15, 0.2) is 11.6 Å². The van der Waals surface area contributed by atoms with Crippen LogP contribution in [0.3, 0.4) is 0 Å². The highest BCUT2D eigenvalue weighted by molar-refractivity contribution is 5.97. The summed E-state index contributed by atoms with van der Waals surface area (Å²) in [6, 6.07) is 16.9. The molecule has 2 aliphatic carbocycles. The summed E-state index contributed by atoms with van der Waals surface area (Å²) >= 11 is 0. The third kappa shape index (κ3) is 6.24. The smallest absolute Gasteiger partial charge is 0.185 e. The maximum Gasteiger partial charge on any atom is 0.185 e. The molecule has 0 aliphatic heterocycles. The van der Waals surface area contributed by atoms with Gasteiger partial charge in [0.2, 0.25) is 0 Å². The topological polar surface area (TPSA) is 72.7 Å². The molecule has 0 radical (unpaired) electrons. The average molecular weight is 572 g/mol. The molecule has 3 aromatic heterocycles. The predicted octanol–water partition coefficient (Wildman–Crippen LogP) is 8.17. The average Bonchev–Trinajstić information content (AvgIpc) is 3.91.